The van der Waals surface area contributed by atoms with Gasteiger partial charge in [-0.05, 0) is 31.5 Å². The summed E-state index contributed by atoms with van der Waals surface area (Å²) in [4.78, 5) is 29.0. The highest BCUT2D eigenvalue weighted by Crippen LogP contribution is 2.29. The Labute approximate surface area is 158 Å². The van der Waals surface area contributed by atoms with Crippen LogP contribution in [0.3, 0.4) is 0 Å². The number of nitrogens with zero attached hydrogens (tertiary/aromatic N) is 2. The zero-order valence-electron chi connectivity index (χ0n) is 14.5. The van der Waals surface area contributed by atoms with Crippen LogP contribution in [-0.2, 0) is 4.79 Å². The minimum absolute atomic E-state index is 0.136. The summed E-state index contributed by atoms with van der Waals surface area (Å²) in [7, 11) is 0. The van der Waals surface area contributed by atoms with E-state index in [2.05, 4.69) is 37.7 Å². The highest BCUT2D eigenvalue weighted by Gasteiger charge is 2.17. The first kappa shape index (κ1) is 18.5. The zero-order chi connectivity index (χ0) is 18.5. The van der Waals surface area contributed by atoms with Crippen LogP contribution in [0.2, 0.25) is 0 Å². The number of nitrogens with one attached hydrogen (secondary N) is 4. The highest BCUT2D eigenvalue weighted by molar-refractivity contribution is 8.02. The van der Waals surface area contributed by atoms with E-state index >= 15 is 0 Å². The van der Waals surface area contributed by atoms with Crippen molar-refractivity contribution in [3.63, 3.8) is 0 Å². The fourth-order valence-corrected chi connectivity index (χ4v) is 4.18. The summed E-state index contributed by atoms with van der Waals surface area (Å²) in [6.07, 6.45) is 2.20. The Balaban J connectivity index is 1.57. The zero-order valence-corrected chi connectivity index (χ0v) is 16.1. The van der Waals surface area contributed by atoms with Crippen LogP contribution in [0, 0.1) is 0 Å². The van der Waals surface area contributed by atoms with Gasteiger partial charge in [0.15, 0.2) is 4.34 Å². The van der Waals surface area contributed by atoms with Crippen molar-refractivity contribution in [2.45, 2.75) is 36.3 Å². The standard InChI is InChI=1S/C16H20N6O2S2/c1-3-4-7-17-15-21-22-16(26-15)25-9(2)13(23)18-10-5-6-11-12(8-10)20-14(24)19-11/h5-6,8-9H,3-4,7H2,1-2H3,(H,17,21)(H,18,23)(H2,19,20,24)/t9-/m0/s1. The number of hydrogen-bond donors (Lipinski definition) is 4. The molecular weight excluding hydrogens is 372 g/mol. The molecule has 1 atom stereocenters. The van der Waals surface area contributed by atoms with Crippen LogP contribution in [0.5, 0.6) is 0 Å². The third kappa shape index (κ3) is 4.64. The van der Waals surface area contributed by atoms with Gasteiger partial charge in [0, 0.05) is 12.2 Å². The molecule has 0 saturated carbocycles. The van der Waals surface area contributed by atoms with E-state index in [0.29, 0.717) is 16.7 Å². The minimum Gasteiger partial charge on any atom is -0.360 e. The van der Waals surface area contributed by atoms with E-state index in [0.717, 1.165) is 28.9 Å². The number of benzene rings is 1. The maximum absolute atomic E-state index is 12.4. The number of thioether (sulfide) groups is 1. The van der Waals surface area contributed by atoms with Gasteiger partial charge in [0.05, 0.1) is 16.3 Å². The summed E-state index contributed by atoms with van der Waals surface area (Å²) in [5, 5.41) is 14.7. The molecule has 0 fully saturated rings. The molecule has 2 aromatic heterocycles. The average Bonchev–Trinajstić information content (AvgIpc) is 3.20. The highest BCUT2D eigenvalue weighted by atomic mass is 32.2. The van der Waals surface area contributed by atoms with E-state index < -0.39 is 0 Å². The van der Waals surface area contributed by atoms with Gasteiger partial charge in [-0.2, -0.15) is 0 Å². The van der Waals surface area contributed by atoms with E-state index in [1.807, 2.05) is 6.92 Å². The molecule has 1 aromatic carbocycles. The van der Waals surface area contributed by atoms with Crippen LogP contribution in [0.1, 0.15) is 26.7 Å². The number of rotatable bonds is 8. The van der Waals surface area contributed by atoms with Gasteiger partial charge < -0.3 is 20.6 Å². The number of carbonyl (C=O) groups excluding carboxylic acids is 1. The van der Waals surface area contributed by atoms with Gasteiger partial charge in [-0.3, -0.25) is 4.79 Å². The molecule has 1 amide bonds. The van der Waals surface area contributed by atoms with Gasteiger partial charge in [-0.25, -0.2) is 4.79 Å². The summed E-state index contributed by atoms with van der Waals surface area (Å²) in [5.41, 5.74) is 1.71. The molecule has 0 aliphatic heterocycles. The van der Waals surface area contributed by atoms with Crippen molar-refractivity contribution in [1.82, 2.24) is 20.2 Å². The first-order valence-electron chi connectivity index (χ1n) is 8.32. The van der Waals surface area contributed by atoms with Crippen LogP contribution >= 0.6 is 23.1 Å². The van der Waals surface area contributed by atoms with Crippen LogP contribution in [0.25, 0.3) is 11.0 Å². The normalized spacial score (nSPS) is 12.2. The predicted octanol–water partition coefficient (Wildman–Crippen LogP) is 3.04. The van der Waals surface area contributed by atoms with Crippen molar-refractivity contribution in [3.05, 3.63) is 28.7 Å². The van der Waals surface area contributed by atoms with Crippen molar-refractivity contribution in [2.75, 3.05) is 17.2 Å². The number of fused-ring (bicyclic) bond motifs is 1. The monoisotopic (exact) mass is 392 g/mol. The molecule has 0 spiro atoms. The third-order valence-electron chi connectivity index (χ3n) is 3.64. The topological polar surface area (TPSA) is 116 Å². The quantitative estimate of drug-likeness (QED) is 0.346. The second kappa shape index (κ2) is 8.37. The Morgan fingerprint density at radius 2 is 2.12 bits per heavy atom. The second-order valence-corrected chi connectivity index (χ2v) is 8.31. The van der Waals surface area contributed by atoms with Gasteiger partial charge in [0.1, 0.15) is 0 Å². The third-order valence-corrected chi connectivity index (χ3v) is 5.71. The average molecular weight is 393 g/mol. The molecule has 26 heavy (non-hydrogen) atoms. The molecule has 3 aromatic rings. The summed E-state index contributed by atoms with van der Waals surface area (Å²) in [5.74, 6) is -0.136. The van der Waals surface area contributed by atoms with Gasteiger partial charge >= 0.3 is 5.69 Å². The number of carbonyl (C=O) groups is 1. The molecule has 8 nitrogen and oxygen atoms in total. The number of H-pyrrole nitrogens is 2. The smallest absolute Gasteiger partial charge is 0.323 e. The van der Waals surface area contributed by atoms with E-state index in [9.17, 15) is 9.59 Å². The molecule has 0 aliphatic rings. The lowest BCUT2D eigenvalue weighted by atomic mass is 10.2. The molecular formula is C16H20N6O2S2. The number of aromatic amines is 2. The van der Waals surface area contributed by atoms with Crippen molar-refractivity contribution < 1.29 is 4.79 Å². The van der Waals surface area contributed by atoms with E-state index in [1.165, 1.54) is 23.1 Å². The molecule has 0 aliphatic carbocycles. The lowest BCUT2D eigenvalue weighted by Gasteiger charge is -2.10. The van der Waals surface area contributed by atoms with Crippen LogP contribution in [0.4, 0.5) is 10.8 Å². The van der Waals surface area contributed by atoms with Crippen LogP contribution in [0.15, 0.2) is 27.3 Å². The first-order chi connectivity index (χ1) is 12.5. The Morgan fingerprint density at radius 1 is 1.31 bits per heavy atom. The minimum atomic E-state index is -0.326. The first-order valence-corrected chi connectivity index (χ1v) is 10.0. The van der Waals surface area contributed by atoms with Crippen LogP contribution < -0.4 is 16.3 Å². The summed E-state index contributed by atoms with van der Waals surface area (Å²) in [6, 6.07) is 5.23. The fraction of sp³-hybridized carbons (Fsp3) is 0.375. The number of aromatic nitrogens is 4. The number of unbranched alkanes of at least 4 members (excludes halogenated alkanes) is 1. The van der Waals surface area contributed by atoms with E-state index in [4.69, 9.17) is 0 Å². The molecule has 138 valence electrons. The number of imidazole rings is 1. The van der Waals surface area contributed by atoms with Gasteiger partial charge in [0.25, 0.3) is 0 Å². The van der Waals surface area contributed by atoms with Gasteiger partial charge in [0.2, 0.25) is 11.0 Å². The van der Waals surface area contributed by atoms with Crippen LogP contribution in [-0.4, -0.2) is 37.9 Å². The van der Waals surface area contributed by atoms with Gasteiger partial charge in [-0.15, -0.1) is 10.2 Å². The maximum atomic E-state index is 12.4. The molecule has 3 rings (SSSR count). The summed E-state index contributed by atoms with van der Waals surface area (Å²) < 4.78 is 0.747. The predicted molar refractivity (Wildman–Crippen MR) is 106 cm³/mol. The molecule has 4 N–H and O–H groups in total. The summed E-state index contributed by atoms with van der Waals surface area (Å²) >= 11 is 2.81. The Morgan fingerprint density at radius 3 is 2.92 bits per heavy atom. The number of anilines is 2. The maximum Gasteiger partial charge on any atom is 0.323 e. The fourth-order valence-electron chi connectivity index (χ4n) is 2.26. The molecule has 0 saturated heterocycles. The Hall–Kier alpha value is -2.33. The van der Waals surface area contributed by atoms with Gasteiger partial charge in [-0.1, -0.05) is 36.4 Å². The molecule has 0 unspecified atom stereocenters. The lowest BCUT2D eigenvalue weighted by Crippen LogP contribution is -2.22. The number of amides is 1. The SMILES string of the molecule is CCCCNc1nnc(S[C@@H](C)C(=O)Nc2ccc3[nH]c(=O)[nH]c3c2)s1. The molecule has 2 heterocycles. The van der Waals surface area contributed by atoms with Crippen molar-refractivity contribution in [2.24, 2.45) is 0 Å². The molecule has 0 radical (unpaired) electrons. The lowest BCUT2D eigenvalue weighted by molar-refractivity contribution is -0.115. The molecule has 0 bridgehead atoms. The Bertz CT molecular complexity index is 948. The number of hydrogen-bond acceptors (Lipinski definition) is 7. The van der Waals surface area contributed by atoms with E-state index in [-0.39, 0.29) is 16.8 Å². The van der Waals surface area contributed by atoms with E-state index in [1.54, 1.807) is 18.2 Å². The Kier molecular flexibility index (Phi) is 5.94. The largest absolute Gasteiger partial charge is 0.360 e. The van der Waals surface area contributed by atoms with Crippen molar-refractivity contribution in [1.29, 1.82) is 0 Å². The molecule has 10 heteroatoms. The second-order valence-electron chi connectivity index (χ2n) is 5.74. The van der Waals surface area contributed by atoms with Crippen molar-refractivity contribution in [3.8, 4) is 0 Å². The van der Waals surface area contributed by atoms with Crippen molar-refractivity contribution >= 4 is 50.9 Å². The summed E-state index contributed by atoms with van der Waals surface area (Å²) in [6.45, 7) is 4.83.